The van der Waals surface area contributed by atoms with Crippen LogP contribution in [0.3, 0.4) is 0 Å². The van der Waals surface area contributed by atoms with Gasteiger partial charge in [0.1, 0.15) is 5.78 Å². The molecule has 0 unspecified atom stereocenters. The fourth-order valence-electron chi connectivity index (χ4n) is 2.18. The van der Waals surface area contributed by atoms with Crippen molar-refractivity contribution in [2.75, 3.05) is 33.2 Å². The number of rotatable bonds is 5. The van der Waals surface area contributed by atoms with Crippen LogP contribution in [-0.2, 0) is 4.79 Å². The zero-order chi connectivity index (χ0) is 11.3. The SMILES string of the molecule is CNCCN1CCC(C(=O)C(C)C)CC1. The molecule has 0 aromatic rings. The predicted octanol–water partition coefficient (Wildman–Crippen LogP) is 1.14. The fourth-order valence-corrected chi connectivity index (χ4v) is 2.18. The number of likely N-dealkylation sites (tertiary alicyclic amines) is 1. The molecule has 0 atom stereocenters. The van der Waals surface area contributed by atoms with Gasteiger partial charge >= 0.3 is 0 Å². The van der Waals surface area contributed by atoms with Crippen LogP contribution >= 0.6 is 0 Å². The first-order valence-corrected chi connectivity index (χ1v) is 6.05. The van der Waals surface area contributed by atoms with Gasteiger partial charge in [-0.05, 0) is 33.0 Å². The van der Waals surface area contributed by atoms with Crippen molar-refractivity contribution in [3.8, 4) is 0 Å². The Bertz CT molecular complexity index is 196. The van der Waals surface area contributed by atoms with Crippen molar-refractivity contribution in [2.24, 2.45) is 11.8 Å². The lowest BCUT2D eigenvalue weighted by molar-refractivity contribution is -0.127. The summed E-state index contributed by atoms with van der Waals surface area (Å²) in [6.45, 7) is 8.35. The summed E-state index contributed by atoms with van der Waals surface area (Å²) in [6.07, 6.45) is 2.11. The molecule has 0 aliphatic carbocycles. The lowest BCUT2D eigenvalue weighted by Crippen LogP contribution is -2.40. The molecule has 0 radical (unpaired) electrons. The smallest absolute Gasteiger partial charge is 0.138 e. The molecular formula is C12H24N2O. The Labute approximate surface area is 93.2 Å². The van der Waals surface area contributed by atoms with Gasteiger partial charge in [0.15, 0.2) is 0 Å². The molecule has 1 aliphatic heterocycles. The van der Waals surface area contributed by atoms with Crippen LogP contribution in [0.4, 0.5) is 0 Å². The standard InChI is InChI=1S/C12H24N2O/c1-10(2)12(15)11-4-7-14(8-5-11)9-6-13-3/h10-11,13H,4-9H2,1-3H3. The monoisotopic (exact) mass is 212 g/mol. The number of nitrogens with one attached hydrogen (secondary N) is 1. The maximum Gasteiger partial charge on any atom is 0.138 e. The summed E-state index contributed by atoms with van der Waals surface area (Å²) in [6, 6.07) is 0. The molecule has 1 aliphatic rings. The van der Waals surface area contributed by atoms with Crippen molar-refractivity contribution in [1.82, 2.24) is 10.2 Å². The van der Waals surface area contributed by atoms with Crippen LogP contribution in [0, 0.1) is 11.8 Å². The molecule has 3 nitrogen and oxygen atoms in total. The second kappa shape index (κ2) is 6.23. The van der Waals surface area contributed by atoms with Crippen molar-refractivity contribution in [1.29, 1.82) is 0 Å². The van der Waals surface area contributed by atoms with Crippen molar-refractivity contribution in [2.45, 2.75) is 26.7 Å². The molecule has 0 bridgehead atoms. The molecule has 3 heteroatoms. The molecule has 1 saturated heterocycles. The summed E-state index contributed by atoms with van der Waals surface area (Å²) in [4.78, 5) is 14.2. The van der Waals surface area contributed by atoms with E-state index in [2.05, 4.69) is 10.2 Å². The van der Waals surface area contributed by atoms with Gasteiger partial charge in [-0.1, -0.05) is 13.8 Å². The molecule has 1 fully saturated rings. The predicted molar refractivity (Wildman–Crippen MR) is 62.9 cm³/mol. The highest BCUT2D eigenvalue weighted by atomic mass is 16.1. The normalized spacial score (nSPS) is 19.7. The highest BCUT2D eigenvalue weighted by molar-refractivity contribution is 5.82. The number of likely N-dealkylation sites (N-methyl/N-ethyl adjacent to an activating group) is 1. The second-order valence-electron chi connectivity index (χ2n) is 4.78. The van der Waals surface area contributed by atoms with E-state index < -0.39 is 0 Å². The minimum Gasteiger partial charge on any atom is -0.318 e. The van der Waals surface area contributed by atoms with Crippen LogP contribution in [0.2, 0.25) is 0 Å². The molecule has 15 heavy (non-hydrogen) atoms. The third kappa shape index (κ3) is 3.92. The highest BCUT2D eigenvalue weighted by Gasteiger charge is 2.25. The van der Waals surface area contributed by atoms with Gasteiger partial charge in [0.25, 0.3) is 0 Å². The van der Waals surface area contributed by atoms with Crippen LogP contribution in [0.1, 0.15) is 26.7 Å². The minimum absolute atomic E-state index is 0.207. The summed E-state index contributed by atoms with van der Waals surface area (Å²) in [7, 11) is 1.98. The van der Waals surface area contributed by atoms with Crippen molar-refractivity contribution < 1.29 is 4.79 Å². The van der Waals surface area contributed by atoms with Crippen molar-refractivity contribution in [3.63, 3.8) is 0 Å². The number of piperidine rings is 1. The number of carbonyl (C=O) groups excluding carboxylic acids is 1. The third-order valence-electron chi connectivity index (χ3n) is 3.24. The van der Waals surface area contributed by atoms with Crippen LogP contribution in [0.25, 0.3) is 0 Å². The number of carbonyl (C=O) groups is 1. The van der Waals surface area contributed by atoms with E-state index in [1.165, 1.54) is 0 Å². The zero-order valence-electron chi connectivity index (χ0n) is 10.3. The lowest BCUT2D eigenvalue weighted by atomic mass is 9.87. The maximum atomic E-state index is 11.8. The van der Waals surface area contributed by atoms with E-state index in [0.29, 0.717) is 11.7 Å². The number of hydrogen-bond donors (Lipinski definition) is 1. The van der Waals surface area contributed by atoms with E-state index in [9.17, 15) is 4.79 Å². The van der Waals surface area contributed by atoms with E-state index in [1.54, 1.807) is 0 Å². The Kier molecular flexibility index (Phi) is 5.26. The van der Waals surface area contributed by atoms with Crippen molar-refractivity contribution >= 4 is 5.78 Å². The molecule has 1 N–H and O–H groups in total. The molecule has 0 spiro atoms. The first kappa shape index (κ1) is 12.7. The molecule has 88 valence electrons. The second-order valence-corrected chi connectivity index (χ2v) is 4.78. The van der Waals surface area contributed by atoms with E-state index in [4.69, 9.17) is 0 Å². The van der Waals surface area contributed by atoms with Crippen molar-refractivity contribution in [3.05, 3.63) is 0 Å². The van der Waals surface area contributed by atoms with E-state index in [0.717, 1.165) is 39.0 Å². The molecule has 0 amide bonds. The van der Waals surface area contributed by atoms with Gasteiger partial charge in [-0.3, -0.25) is 4.79 Å². The van der Waals surface area contributed by atoms with E-state index in [1.807, 2.05) is 20.9 Å². The average molecular weight is 212 g/mol. The molecule has 1 heterocycles. The lowest BCUT2D eigenvalue weighted by Gasteiger charge is -2.31. The Balaban J connectivity index is 2.26. The van der Waals surface area contributed by atoms with Gasteiger partial charge in [-0.25, -0.2) is 0 Å². The number of ketones is 1. The van der Waals surface area contributed by atoms with E-state index in [-0.39, 0.29) is 5.92 Å². The van der Waals surface area contributed by atoms with E-state index >= 15 is 0 Å². The largest absolute Gasteiger partial charge is 0.318 e. The Morgan fingerprint density at radius 3 is 2.47 bits per heavy atom. The maximum absolute atomic E-state index is 11.8. The van der Waals surface area contributed by atoms with Gasteiger partial charge < -0.3 is 10.2 Å². The Morgan fingerprint density at radius 2 is 2.00 bits per heavy atom. The minimum atomic E-state index is 0.207. The van der Waals surface area contributed by atoms with Gasteiger partial charge in [-0.2, -0.15) is 0 Å². The van der Waals surface area contributed by atoms with Crippen LogP contribution in [0.5, 0.6) is 0 Å². The molecule has 0 saturated carbocycles. The molecule has 1 rings (SSSR count). The Morgan fingerprint density at radius 1 is 1.40 bits per heavy atom. The van der Waals surface area contributed by atoms with Gasteiger partial charge in [-0.15, -0.1) is 0 Å². The number of nitrogens with zero attached hydrogens (tertiary/aromatic N) is 1. The molecule has 0 aromatic carbocycles. The van der Waals surface area contributed by atoms with Gasteiger partial charge in [0.05, 0.1) is 0 Å². The summed E-state index contributed by atoms with van der Waals surface area (Å²) in [5.41, 5.74) is 0. The van der Waals surface area contributed by atoms with Gasteiger partial charge in [0, 0.05) is 24.9 Å². The average Bonchev–Trinajstić information content (AvgIpc) is 2.26. The summed E-state index contributed by atoms with van der Waals surface area (Å²) in [5.74, 6) is 0.998. The topological polar surface area (TPSA) is 32.3 Å². The summed E-state index contributed by atoms with van der Waals surface area (Å²) >= 11 is 0. The number of hydrogen-bond acceptors (Lipinski definition) is 3. The third-order valence-corrected chi connectivity index (χ3v) is 3.24. The summed E-state index contributed by atoms with van der Waals surface area (Å²) < 4.78 is 0. The van der Waals surface area contributed by atoms with Crippen LogP contribution in [0.15, 0.2) is 0 Å². The number of Topliss-reactive ketones (excluding diaryl/α,β-unsaturated/α-hetero) is 1. The molecular weight excluding hydrogens is 188 g/mol. The zero-order valence-corrected chi connectivity index (χ0v) is 10.3. The van der Waals surface area contributed by atoms with Crippen LogP contribution in [-0.4, -0.2) is 43.9 Å². The first-order chi connectivity index (χ1) is 7.15. The Hall–Kier alpha value is -0.410. The summed E-state index contributed by atoms with van der Waals surface area (Å²) in [5, 5.41) is 3.16. The first-order valence-electron chi connectivity index (χ1n) is 6.05. The molecule has 0 aromatic heterocycles. The quantitative estimate of drug-likeness (QED) is 0.742. The van der Waals surface area contributed by atoms with Crippen LogP contribution < -0.4 is 5.32 Å². The highest BCUT2D eigenvalue weighted by Crippen LogP contribution is 2.20. The fraction of sp³-hybridized carbons (Fsp3) is 0.917. The van der Waals surface area contributed by atoms with Gasteiger partial charge in [0.2, 0.25) is 0 Å².